The predicted molar refractivity (Wildman–Crippen MR) is 71.0 cm³/mol. The van der Waals surface area contributed by atoms with Crippen LogP contribution in [0.25, 0.3) is 0 Å². The number of carbonyl (C=O) groups excluding carboxylic acids is 1. The van der Waals surface area contributed by atoms with Crippen LogP contribution in [0, 0.1) is 12.7 Å². The molecule has 0 spiro atoms. The lowest BCUT2D eigenvalue weighted by Crippen LogP contribution is -2.15. The molecule has 0 fully saturated rings. The highest BCUT2D eigenvalue weighted by Crippen LogP contribution is 2.19. The van der Waals surface area contributed by atoms with E-state index in [1.807, 2.05) is 0 Å². The van der Waals surface area contributed by atoms with Gasteiger partial charge in [-0.25, -0.2) is 9.37 Å². The largest absolute Gasteiger partial charge is 0.320 e. The quantitative estimate of drug-likeness (QED) is 0.922. The number of hydrogen-bond donors (Lipinski definition) is 1. The molecule has 1 aromatic carbocycles. The molecule has 1 aromatic heterocycles. The van der Waals surface area contributed by atoms with Crippen LogP contribution in [0.15, 0.2) is 41.0 Å². The van der Waals surface area contributed by atoms with Gasteiger partial charge in [-0.15, -0.1) is 0 Å². The summed E-state index contributed by atoms with van der Waals surface area (Å²) in [6, 6.07) is 7.65. The SMILES string of the molecule is Cc1cc(F)ccc1NC(=O)c1ncccc1Br. The van der Waals surface area contributed by atoms with Crippen molar-refractivity contribution in [2.45, 2.75) is 6.92 Å². The fourth-order valence-corrected chi connectivity index (χ4v) is 1.94. The van der Waals surface area contributed by atoms with E-state index in [9.17, 15) is 9.18 Å². The minimum Gasteiger partial charge on any atom is -0.320 e. The lowest BCUT2D eigenvalue weighted by molar-refractivity contribution is 0.102. The van der Waals surface area contributed by atoms with Crippen LogP contribution in [0.4, 0.5) is 10.1 Å². The molecule has 0 radical (unpaired) electrons. The van der Waals surface area contributed by atoms with Gasteiger partial charge in [-0.1, -0.05) is 0 Å². The highest BCUT2D eigenvalue weighted by Gasteiger charge is 2.12. The van der Waals surface area contributed by atoms with Crippen LogP contribution in [0.1, 0.15) is 16.1 Å². The Morgan fingerprint density at radius 2 is 2.17 bits per heavy atom. The summed E-state index contributed by atoms with van der Waals surface area (Å²) >= 11 is 3.26. The number of rotatable bonds is 2. The number of amides is 1. The first-order valence-corrected chi connectivity index (χ1v) is 6.05. The number of aryl methyl sites for hydroxylation is 1. The Hall–Kier alpha value is -1.75. The summed E-state index contributed by atoms with van der Waals surface area (Å²) in [4.78, 5) is 16.0. The van der Waals surface area contributed by atoms with Gasteiger partial charge in [0.2, 0.25) is 0 Å². The summed E-state index contributed by atoms with van der Waals surface area (Å²) in [5.74, 6) is -0.665. The molecule has 0 bridgehead atoms. The Balaban J connectivity index is 2.24. The first-order chi connectivity index (χ1) is 8.58. The molecule has 1 N–H and O–H groups in total. The molecule has 0 atom stereocenters. The van der Waals surface area contributed by atoms with E-state index in [1.165, 1.54) is 24.4 Å². The first-order valence-electron chi connectivity index (χ1n) is 5.26. The Kier molecular flexibility index (Phi) is 3.72. The zero-order valence-electron chi connectivity index (χ0n) is 9.58. The molecule has 1 amide bonds. The van der Waals surface area contributed by atoms with Gasteiger partial charge in [0.1, 0.15) is 11.5 Å². The van der Waals surface area contributed by atoms with Gasteiger partial charge in [-0.05, 0) is 58.7 Å². The molecule has 0 unspecified atom stereocenters. The number of carbonyl (C=O) groups is 1. The third kappa shape index (κ3) is 2.73. The normalized spacial score (nSPS) is 10.2. The van der Waals surface area contributed by atoms with E-state index < -0.39 is 0 Å². The van der Waals surface area contributed by atoms with Crippen LogP contribution < -0.4 is 5.32 Å². The average molecular weight is 309 g/mol. The number of nitrogens with one attached hydrogen (secondary N) is 1. The molecule has 5 heteroatoms. The molecule has 2 aromatic rings. The molecule has 1 heterocycles. The summed E-state index contributed by atoms with van der Waals surface area (Å²) in [5.41, 5.74) is 1.52. The van der Waals surface area contributed by atoms with Crippen molar-refractivity contribution in [3.05, 3.63) is 58.1 Å². The molecule has 3 nitrogen and oxygen atoms in total. The third-order valence-electron chi connectivity index (χ3n) is 2.41. The van der Waals surface area contributed by atoms with Gasteiger partial charge >= 0.3 is 0 Å². The van der Waals surface area contributed by atoms with Crippen LogP contribution in [0.5, 0.6) is 0 Å². The minimum absolute atomic E-state index is 0.293. The number of anilines is 1. The second-order valence-corrected chi connectivity index (χ2v) is 4.60. The van der Waals surface area contributed by atoms with Crippen molar-refractivity contribution in [2.24, 2.45) is 0 Å². The van der Waals surface area contributed by atoms with Gasteiger partial charge in [-0.3, -0.25) is 4.79 Å². The predicted octanol–water partition coefficient (Wildman–Crippen LogP) is 3.54. The number of pyridine rings is 1. The average Bonchev–Trinajstić information content (AvgIpc) is 2.33. The molecular formula is C13H10BrFN2O. The number of halogens is 2. The fourth-order valence-electron chi connectivity index (χ4n) is 1.50. The summed E-state index contributed by atoms with van der Waals surface area (Å²) < 4.78 is 13.6. The van der Waals surface area contributed by atoms with Crippen molar-refractivity contribution in [2.75, 3.05) is 5.32 Å². The maximum absolute atomic E-state index is 12.9. The van der Waals surface area contributed by atoms with Crippen molar-refractivity contribution in [1.29, 1.82) is 0 Å². The number of hydrogen-bond acceptors (Lipinski definition) is 2. The first kappa shape index (κ1) is 12.7. The van der Waals surface area contributed by atoms with Gasteiger partial charge in [-0.2, -0.15) is 0 Å². The van der Waals surface area contributed by atoms with Crippen LogP contribution in [-0.4, -0.2) is 10.9 Å². The lowest BCUT2D eigenvalue weighted by Gasteiger charge is -2.08. The van der Waals surface area contributed by atoms with Crippen molar-refractivity contribution < 1.29 is 9.18 Å². The minimum atomic E-state index is -0.336. The van der Waals surface area contributed by atoms with E-state index in [1.54, 1.807) is 19.1 Å². The fraction of sp³-hybridized carbons (Fsp3) is 0.0769. The highest BCUT2D eigenvalue weighted by atomic mass is 79.9. The Morgan fingerprint density at radius 3 is 2.83 bits per heavy atom. The Bertz CT molecular complexity index is 601. The molecule has 2 rings (SSSR count). The smallest absolute Gasteiger partial charge is 0.275 e. The molecule has 0 saturated heterocycles. The third-order valence-corrected chi connectivity index (χ3v) is 3.05. The molecule has 0 saturated carbocycles. The number of aromatic nitrogens is 1. The van der Waals surface area contributed by atoms with Gasteiger partial charge in [0, 0.05) is 16.4 Å². The van der Waals surface area contributed by atoms with E-state index in [2.05, 4.69) is 26.2 Å². The second kappa shape index (κ2) is 5.27. The van der Waals surface area contributed by atoms with Gasteiger partial charge in [0.15, 0.2) is 0 Å². The Labute approximate surface area is 112 Å². The van der Waals surface area contributed by atoms with Gasteiger partial charge in [0.25, 0.3) is 5.91 Å². The molecular weight excluding hydrogens is 299 g/mol. The lowest BCUT2D eigenvalue weighted by atomic mass is 10.2. The van der Waals surface area contributed by atoms with Crippen LogP contribution in [-0.2, 0) is 0 Å². The summed E-state index contributed by atoms with van der Waals surface area (Å²) in [6.45, 7) is 1.73. The van der Waals surface area contributed by atoms with Crippen molar-refractivity contribution >= 4 is 27.5 Å². The zero-order valence-corrected chi connectivity index (χ0v) is 11.2. The van der Waals surface area contributed by atoms with E-state index in [0.717, 1.165) is 0 Å². The van der Waals surface area contributed by atoms with Crippen LogP contribution >= 0.6 is 15.9 Å². The topological polar surface area (TPSA) is 42.0 Å². The summed E-state index contributed by atoms with van der Waals surface area (Å²) in [5, 5.41) is 2.70. The van der Waals surface area contributed by atoms with E-state index >= 15 is 0 Å². The molecule has 18 heavy (non-hydrogen) atoms. The molecule has 0 aliphatic carbocycles. The van der Waals surface area contributed by atoms with E-state index in [0.29, 0.717) is 21.4 Å². The van der Waals surface area contributed by atoms with Crippen LogP contribution in [0.2, 0.25) is 0 Å². The van der Waals surface area contributed by atoms with E-state index in [-0.39, 0.29) is 11.7 Å². The van der Waals surface area contributed by atoms with Gasteiger partial charge < -0.3 is 5.32 Å². The number of benzene rings is 1. The van der Waals surface area contributed by atoms with Crippen molar-refractivity contribution in [3.8, 4) is 0 Å². The molecule has 0 aliphatic rings. The molecule has 0 aliphatic heterocycles. The Morgan fingerprint density at radius 1 is 1.39 bits per heavy atom. The maximum Gasteiger partial charge on any atom is 0.275 e. The second-order valence-electron chi connectivity index (χ2n) is 3.75. The van der Waals surface area contributed by atoms with Gasteiger partial charge in [0.05, 0.1) is 0 Å². The van der Waals surface area contributed by atoms with Crippen molar-refractivity contribution in [3.63, 3.8) is 0 Å². The van der Waals surface area contributed by atoms with Crippen molar-refractivity contribution in [1.82, 2.24) is 4.98 Å². The number of nitrogens with zero attached hydrogens (tertiary/aromatic N) is 1. The van der Waals surface area contributed by atoms with E-state index in [4.69, 9.17) is 0 Å². The zero-order chi connectivity index (χ0) is 13.1. The molecule has 92 valence electrons. The maximum atomic E-state index is 12.9. The monoisotopic (exact) mass is 308 g/mol. The highest BCUT2D eigenvalue weighted by molar-refractivity contribution is 9.10. The van der Waals surface area contributed by atoms with Crippen LogP contribution in [0.3, 0.4) is 0 Å². The standard InChI is InChI=1S/C13H10BrFN2O/c1-8-7-9(15)4-5-11(8)17-13(18)12-10(14)3-2-6-16-12/h2-7H,1H3,(H,17,18). The summed E-state index contributed by atoms with van der Waals surface area (Å²) in [7, 11) is 0. The summed E-state index contributed by atoms with van der Waals surface area (Å²) in [6.07, 6.45) is 1.54.